The summed E-state index contributed by atoms with van der Waals surface area (Å²) in [5, 5.41) is 5.93. The molecule has 1 amide bonds. The number of methoxy groups -OCH3 is 1. The number of hydrogen-bond donors (Lipinski definition) is 2. The molecular weight excluding hydrogens is 358 g/mol. The van der Waals surface area contributed by atoms with Gasteiger partial charge >= 0.3 is 0 Å². The predicted molar refractivity (Wildman–Crippen MR) is 87.4 cm³/mol. The Balaban J connectivity index is 2.23. The number of aromatic nitrogens is 1. The molecule has 0 atom stereocenters. The van der Waals surface area contributed by atoms with Crippen molar-refractivity contribution in [1.82, 2.24) is 4.98 Å². The van der Waals surface area contributed by atoms with Crippen LogP contribution in [0.4, 0.5) is 11.5 Å². The molecule has 1 aromatic carbocycles. The van der Waals surface area contributed by atoms with Crippen molar-refractivity contribution in [3.8, 4) is 5.75 Å². The number of rotatable bonds is 4. The summed E-state index contributed by atoms with van der Waals surface area (Å²) in [5.41, 5.74) is 0.981. The van der Waals surface area contributed by atoms with Crippen LogP contribution in [0.3, 0.4) is 0 Å². The summed E-state index contributed by atoms with van der Waals surface area (Å²) in [6.07, 6.45) is 1.44. The summed E-state index contributed by atoms with van der Waals surface area (Å²) in [7, 11) is 3.30. The fraction of sp³-hybridized carbons (Fsp3) is 0.143. The van der Waals surface area contributed by atoms with Crippen LogP contribution in [-0.2, 0) is 0 Å². The molecule has 0 fully saturated rings. The van der Waals surface area contributed by atoms with Gasteiger partial charge in [-0.25, -0.2) is 4.98 Å². The van der Waals surface area contributed by atoms with Gasteiger partial charge in [0.2, 0.25) is 0 Å². The van der Waals surface area contributed by atoms with Crippen molar-refractivity contribution < 1.29 is 9.53 Å². The Labute approximate surface area is 135 Å². The Morgan fingerprint density at radius 2 is 2.14 bits per heavy atom. The van der Waals surface area contributed by atoms with Crippen molar-refractivity contribution in [2.24, 2.45) is 0 Å². The molecule has 0 saturated carbocycles. The van der Waals surface area contributed by atoms with Crippen molar-refractivity contribution in [2.75, 3.05) is 24.8 Å². The average Bonchev–Trinajstić information content (AvgIpc) is 2.48. The molecule has 0 aliphatic rings. The molecule has 7 heteroatoms. The monoisotopic (exact) mass is 369 g/mol. The van der Waals surface area contributed by atoms with E-state index in [0.29, 0.717) is 27.8 Å². The highest BCUT2D eigenvalue weighted by molar-refractivity contribution is 9.10. The predicted octanol–water partition coefficient (Wildman–Crippen LogP) is 3.80. The number of pyridine rings is 1. The Morgan fingerprint density at radius 3 is 2.76 bits per heavy atom. The fourth-order valence-electron chi connectivity index (χ4n) is 1.69. The second kappa shape index (κ2) is 6.78. The first-order chi connectivity index (χ1) is 10.0. The minimum absolute atomic E-state index is 0.291. The molecule has 0 bridgehead atoms. The summed E-state index contributed by atoms with van der Waals surface area (Å²) in [6, 6.07) is 6.85. The largest absolute Gasteiger partial charge is 0.496 e. The highest BCUT2D eigenvalue weighted by Crippen LogP contribution is 2.28. The molecule has 0 aliphatic carbocycles. The maximum absolute atomic E-state index is 12.3. The Kier molecular flexibility index (Phi) is 5.03. The third-order valence-electron chi connectivity index (χ3n) is 2.77. The Bertz CT molecular complexity index is 679. The van der Waals surface area contributed by atoms with Crippen molar-refractivity contribution in [2.45, 2.75) is 0 Å². The van der Waals surface area contributed by atoms with Gasteiger partial charge in [0, 0.05) is 18.9 Å². The number of nitrogens with one attached hydrogen (secondary N) is 2. The van der Waals surface area contributed by atoms with E-state index in [1.807, 2.05) is 0 Å². The molecule has 2 rings (SSSR count). The van der Waals surface area contributed by atoms with E-state index in [9.17, 15) is 4.79 Å². The minimum atomic E-state index is -0.309. The van der Waals surface area contributed by atoms with E-state index in [2.05, 4.69) is 31.5 Å². The molecule has 21 heavy (non-hydrogen) atoms. The molecule has 110 valence electrons. The molecule has 0 unspecified atom stereocenters. The lowest BCUT2D eigenvalue weighted by atomic mass is 10.2. The highest BCUT2D eigenvalue weighted by atomic mass is 79.9. The van der Waals surface area contributed by atoms with Crippen LogP contribution < -0.4 is 15.4 Å². The van der Waals surface area contributed by atoms with E-state index in [1.165, 1.54) is 6.20 Å². The van der Waals surface area contributed by atoms with Gasteiger partial charge in [0.1, 0.15) is 11.6 Å². The molecule has 0 radical (unpaired) electrons. The van der Waals surface area contributed by atoms with Crippen molar-refractivity contribution in [3.05, 3.63) is 45.5 Å². The van der Waals surface area contributed by atoms with Gasteiger partial charge in [0.25, 0.3) is 5.91 Å². The minimum Gasteiger partial charge on any atom is -0.496 e. The van der Waals surface area contributed by atoms with E-state index in [0.717, 1.165) is 4.47 Å². The first kappa shape index (κ1) is 15.6. The van der Waals surface area contributed by atoms with Crippen LogP contribution in [0.2, 0.25) is 5.02 Å². The summed E-state index contributed by atoms with van der Waals surface area (Å²) in [5.74, 6) is 0.948. The third-order valence-corrected chi connectivity index (χ3v) is 3.69. The lowest BCUT2D eigenvalue weighted by Crippen LogP contribution is -2.13. The lowest BCUT2D eigenvalue weighted by Gasteiger charge is -2.10. The van der Waals surface area contributed by atoms with Crippen LogP contribution in [0.25, 0.3) is 0 Å². The average molecular weight is 371 g/mol. The molecule has 2 aromatic rings. The Hall–Kier alpha value is -1.79. The zero-order valence-corrected chi connectivity index (χ0v) is 13.7. The quantitative estimate of drug-likeness (QED) is 0.859. The molecule has 2 N–H and O–H groups in total. The number of nitrogens with zero attached hydrogens (tertiary/aromatic N) is 1. The maximum atomic E-state index is 12.3. The van der Waals surface area contributed by atoms with Gasteiger partial charge in [-0.2, -0.15) is 0 Å². The van der Waals surface area contributed by atoms with Crippen molar-refractivity contribution in [3.63, 3.8) is 0 Å². The van der Waals surface area contributed by atoms with Gasteiger partial charge in [-0.15, -0.1) is 0 Å². The molecule has 0 aliphatic heterocycles. The summed E-state index contributed by atoms with van der Waals surface area (Å²) in [6.45, 7) is 0. The normalized spacial score (nSPS) is 10.1. The highest BCUT2D eigenvalue weighted by Gasteiger charge is 2.13. The van der Waals surface area contributed by atoms with Gasteiger partial charge in [-0.3, -0.25) is 4.79 Å². The number of amides is 1. The van der Waals surface area contributed by atoms with Gasteiger partial charge in [-0.1, -0.05) is 11.6 Å². The van der Waals surface area contributed by atoms with Crippen LogP contribution in [0.1, 0.15) is 10.4 Å². The van der Waals surface area contributed by atoms with Gasteiger partial charge in [-0.05, 0) is 40.2 Å². The van der Waals surface area contributed by atoms with Gasteiger partial charge in [0.15, 0.2) is 0 Å². The van der Waals surface area contributed by atoms with E-state index in [4.69, 9.17) is 16.3 Å². The van der Waals surface area contributed by atoms with Gasteiger partial charge < -0.3 is 15.4 Å². The first-order valence-corrected chi connectivity index (χ1v) is 7.20. The lowest BCUT2D eigenvalue weighted by molar-refractivity contribution is 0.102. The molecular formula is C14H13BrClN3O2. The van der Waals surface area contributed by atoms with Crippen LogP contribution in [0.5, 0.6) is 5.75 Å². The van der Waals surface area contributed by atoms with Crippen LogP contribution in [0.15, 0.2) is 34.9 Å². The summed E-state index contributed by atoms with van der Waals surface area (Å²) in [4.78, 5) is 16.3. The standard InChI is InChI=1S/C14H13BrClN3O2/c1-17-13-6-9(11(16)7-18-13)14(20)19-8-3-4-12(21-2)10(15)5-8/h3-7H,1-2H3,(H,17,18)(H,19,20). The fourth-order valence-corrected chi connectivity index (χ4v) is 2.42. The van der Waals surface area contributed by atoms with E-state index in [1.54, 1.807) is 38.4 Å². The molecule has 0 spiro atoms. The number of benzene rings is 1. The number of hydrogen-bond acceptors (Lipinski definition) is 4. The topological polar surface area (TPSA) is 63.2 Å². The van der Waals surface area contributed by atoms with Crippen molar-refractivity contribution in [1.29, 1.82) is 0 Å². The van der Waals surface area contributed by atoms with E-state index < -0.39 is 0 Å². The molecule has 0 saturated heterocycles. The molecule has 1 heterocycles. The Morgan fingerprint density at radius 1 is 1.38 bits per heavy atom. The second-order valence-corrected chi connectivity index (χ2v) is 5.36. The summed E-state index contributed by atoms with van der Waals surface area (Å²) >= 11 is 9.38. The number of carbonyl (C=O) groups is 1. The van der Waals surface area contributed by atoms with Crippen LogP contribution in [-0.4, -0.2) is 25.0 Å². The van der Waals surface area contributed by atoms with Gasteiger partial charge in [0.05, 0.1) is 22.2 Å². The zero-order valence-electron chi connectivity index (χ0n) is 11.4. The van der Waals surface area contributed by atoms with E-state index >= 15 is 0 Å². The number of halogens is 2. The SMILES string of the molecule is CNc1cc(C(=O)Nc2ccc(OC)c(Br)c2)c(Cl)cn1. The maximum Gasteiger partial charge on any atom is 0.257 e. The number of anilines is 2. The summed E-state index contributed by atoms with van der Waals surface area (Å²) < 4.78 is 5.89. The smallest absolute Gasteiger partial charge is 0.257 e. The molecule has 5 nitrogen and oxygen atoms in total. The van der Waals surface area contributed by atoms with Crippen LogP contribution >= 0.6 is 27.5 Å². The first-order valence-electron chi connectivity index (χ1n) is 6.03. The number of ether oxygens (including phenoxy) is 1. The second-order valence-electron chi connectivity index (χ2n) is 4.10. The number of carbonyl (C=O) groups excluding carboxylic acids is 1. The molecule has 1 aromatic heterocycles. The third kappa shape index (κ3) is 3.65. The van der Waals surface area contributed by atoms with Crippen molar-refractivity contribution >= 4 is 44.9 Å². The zero-order chi connectivity index (χ0) is 15.4. The van der Waals surface area contributed by atoms with Crippen LogP contribution in [0, 0.1) is 0 Å². The van der Waals surface area contributed by atoms with E-state index in [-0.39, 0.29) is 5.91 Å².